The van der Waals surface area contributed by atoms with E-state index in [2.05, 4.69) is 86.2 Å². The number of nitrogens with zero attached hydrogens (tertiary/aromatic N) is 2. The Kier molecular flexibility index (Phi) is 15.3. The fourth-order valence-corrected chi connectivity index (χ4v) is 8.65. The second-order valence-electron chi connectivity index (χ2n) is 18.8. The van der Waals surface area contributed by atoms with Gasteiger partial charge < -0.3 is 48.4 Å². The minimum atomic E-state index is -2.10. The Balaban J connectivity index is 1.43. The van der Waals surface area contributed by atoms with Gasteiger partial charge in [-0.05, 0) is 61.2 Å². The fraction of sp³-hybridized carbons (Fsp3) is 0.568. The van der Waals surface area contributed by atoms with Gasteiger partial charge in [0.2, 0.25) is 0 Å². The Bertz CT molecular complexity index is 1940. The summed E-state index contributed by atoms with van der Waals surface area (Å²) in [5, 5.41) is 12.1. The topological polar surface area (TPSA) is 171 Å². The second kappa shape index (κ2) is 19.0. The van der Waals surface area contributed by atoms with Gasteiger partial charge in [0.15, 0.2) is 39.6 Å². The number of nitrogen functional groups attached to an aromatic ring is 1. The summed E-state index contributed by atoms with van der Waals surface area (Å²) in [4.78, 5) is 43.4. The standard InChI is InChI=1S/C44H68N4O10Si2/c1-28-18-30(26-57-59(11,12)43(3,4)5)47(24-28)40(49)32-20-36(53-9)38(22-34(32)45)55-16-15-17-56-39-23-35(46-42(51)52)33(21-37(39)54-10)41(50)48-25-29(2)19-31(48)27-58-60(13,14)44(6,7)8/h20-23,30-31,46H,1-2,15-19,24-27,45H2,3-14H3,(H,51,52)/t30-,31-/m1/s1. The highest BCUT2D eigenvalue weighted by atomic mass is 28.4. The lowest BCUT2D eigenvalue weighted by Gasteiger charge is -2.38. The van der Waals surface area contributed by atoms with E-state index >= 15 is 0 Å². The zero-order chi connectivity index (χ0) is 45.0. The van der Waals surface area contributed by atoms with Crippen molar-refractivity contribution in [3.63, 3.8) is 0 Å². The summed E-state index contributed by atoms with van der Waals surface area (Å²) in [6, 6.07) is 5.72. The quantitative estimate of drug-likeness (QED) is 0.0601. The van der Waals surface area contributed by atoms with Crippen LogP contribution in [0.3, 0.4) is 0 Å². The number of benzene rings is 2. The Hall–Kier alpha value is -4.52. The number of carboxylic acid groups (broad SMARTS) is 1. The molecule has 2 atom stereocenters. The van der Waals surface area contributed by atoms with Crippen molar-refractivity contribution in [1.82, 2.24) is 9.80 Å². The molecule has 4 N–H and O–H groups in total. The van der Waals surface area contributed by atoms with Crippen LogP contribution in [0.15, 0.2) is 48.6 Å². The molecule has 2 aromatic rings. The highest BCUT2D eigenvalue weighted by Gasteiger charge is 2.42. The molecule has 4 rings (SSSR count). The van der Waals surface area contributed by atoms with Gasteiger partial charge >= 0.3 is 6.09 Å². The van der Waals surface area contributed by atoms with E-state index in [-0.39, 0.29) is 75.6 Å². The maximum Gasteiger partial charge on any atom is 0.409 e. The first-order chi connectivity index (χ1) is 27.8. The van der Waals surface area contributed by atoms with Gasteiger partial charge in [0.1, 0.15) is 0 Å². The van der Waals surface area contributed by atoms with Gasteiger partial charge in [-0.15, -0.1) is 0 Å². The van der Waals surface area contributed by atoms with Crippen molar-refractivity contribution in [3.8, 4) is 23.0 Å². The lowest BCUT2D eigenvalue weighted by molar-refractivity contribution is 0.0680. The van der Waals surface area contributed by atoms with Gasteiger partial charge in [-0.1, -0.05) is 65.8 Å². The van der Waals surface area contributed by atoms with Crippen molar-refractivity contribution in [3.05, 3.63) is 59.7 Å². The van der Waals surface area contributed by atoms with E-state index in [1.54, 1.807) is 21.9 Å². The van der Waals surface area contributed by atoms with Crippen LogP contribution in [0, 0.1) is 0 Å². The molecule has 0 aromatic heterocycles. The van der Waals surface area contributed by atoms with Crippen LogP contribution in [-0.4, -0.2) is 115 Å². The number of carbonyl (C=O) groups is 3. The van der Waals surface area contributed by atoms with Crippen molar-refractivity contribution in [1.29, 1.82) is 0 Å². The summed E-state index contributed by atoms with van der Waals surface area (Å²) in [6.07, 6.45) is 0.314. The van der Waals surface area contributed by atoms with Gasteiger partial charge in [-0.25, -0.2) is 4.79 Å². The molecule has 16 heteroatoms. The van der Waals surface area contributed by atoms with Crippen LogP contribution in [0.1, 0.15) is 81.5 Å². The Morgan fingerprint density at radius 1 is 0.733 bits per heavy atom. The van der Waals surface area contributed by atoms with Crippen LogP contribution >= 0.6 is 0 Å². The molecule has 0 radical (unpaired) electrons. The van der Waals surface area contributed by atoms with E-state index in [1.165, 1.54) is 26.4 Å². The molecule has 2 aliphatic heterocycles. The normalized spacial score (nSPS) is 17.5. The molecule has 2 heterocycles. The van der Waals surface area contributed by atoms with Gasteiger partial charge in [0.25, 0.3) is 11.8 Å². The number of rotatable bonds is 17. The summed E-state index contributed by atoms with van der Waals surface area (Å²) in [6.45, 7) is 31.9. The number of ether oxygens (including phenoxy) is 4. The Morgan fingerprint density at radius 2 is 1.15 bits per heavy atom. The van der Waals surface area contributed by atoms with Crippen molar-refractivity contribution < 1.29 is 47.3 Å². The fourth-order valence-electron chi connectivity index (χ4n) is 6.56. The minimum Gasteiger partial charge on any atom is -0.493 e. The van der Waals surface area contributed by atoms with Crippen LogP contribution < -0.4 is 30.0 Å². The number of amides is 3. The molecule has 2 saturated heterocycles. The van der Waals surface area contributed by atoms with Crippen molar-refractivity contribution >= 4 is 45.9 Å². The van der Waals surface area contributed by atoms with Crippen LogP contribution in [0.4, 0.5) is 16.2 Å². The van der Waals surface area contributed by atoms with Crippen molar-refractivity contribution in [2.75, 3.05) is 64.8 Å². The maximum absolute atomic E-state index is 14.1. The molecule has 2 aliphatic rings. The monoisotopic (exact) mass is 868 g/mol. The first-order valence-corrected chi connectivity index (χ1v) is 26.3. The van der Waals surface area contributed by atoms with Gasteiger partial charge in [-0.2, -0.15) is 0 Å². The molecule has 0 spiro atoms. The lowest BCUT2D eigenvalue weighted by Crippen LogP contribution is -2.46. The average Bonchev–Trinajstić information content (AvgIpc) is 3.72. The van der Waals surface area contributed by atoms with Gasteiger partial charge in [0, 0.05) is 37.3 Å². The summed E-state index contributed by atoms with van der Waals surface area (Å²) >= 11 is 0. The first kappa shape index (κ1) is 48.2. The number of nitrogens with two attached hydrogens (primary N) is 1. The number of hydrogen-bond donors (Lipinski definition) is 3. The molecule has 0 bridgehead atoms. The van der Waals surface area contributed by atoms with Gasteiger partial charge in [0.05, 0.1) is 69.5 Å². The van der Waals surface area contributed by atoms with E-state index in [4.69, 9.17) is 33.5 Å². The largest absolute Gasteiger partial charge is 0.493 e. The van der Waals surface area contributed by atoms with E-state index in [0.29, 0.717) is 62.6 Å². The molecule has 0 aliphatic carbocycles. The predicted molar refractivity (Wildman–Crippen MR) is 241 cm³/mol. The summed E-state index contributed by atoms with van der Waals surface area (Å²) in [7, 11) is -1.19. The molecule has 0 unspecified atom stereocenters. The molecule has 0 saturated carbocycles. The van der Waals surface area contributed by atoms with E-state index in [1.807, 2.05) is 0 Å². The summed E-state index contributed by atoms with van der Waals surface area (Å²) in [5.41, 5.74) is 9.05. The van der Waals surface area contributed by atoms with Crippen molar-refractivity contribution in [2.45, 2.75) is 109 Å². The molecule has 2 aromatic carbocycles. The van der Waals surface area contributed by atoms with Crippen LogP contribution in [0.2, 0.25) is 36.3 Å². The maximum atomic E-state index is 14.1. The first-order valence-electron chi connectivity index (χ1n) is 20.5. The van der Waals surface area contributed by atoms with Crippen LogP contribution in [-0.2, 0) is 8.85 Å². The number of anilines is 2. The lowest BCUT2D eigenvalue weighted by atomic mass is 10.1. The third kappa shape index (κ3) is 11.4. The van der Waals surface area contributed by atoms with Crippen LogP contribution in [0.5, 0.6) is 23.0 Å². The van der Waals surface area contributed by atoms with E-state index < -0.39 is 22.7 Å². The molecule has 3 amide bonds. The summed E-state index contributed by atoms with van der Waals surface area (Å²) < 4.78 is 36.3. The van der Waals surface area contributed by atoms with E-state index in [9.17, 15) is 19.5 Å². The highest BCUT2D eigenvalue weighted by molar-refractivity contribution is 6.74. The third-order valence-electron chi connectivity index (χ3n) is 12.3. The molecule has 60 heavy (non-hydrogen) atoms. The van der Waals surface area contributed by atoms with Crippen molar-refractivity contribution in [2.24, 2.45) is 0 Å². The molecular weight excluding hydrogens is 801 g/mol. The highest BCUT2D eigenvalue weighted by Crippen LogP contribution is 2.41. The van der Waals surface area contributed by atoms with Gasteiger partial charge in [-0.3, -0.25) is 14.9 Å². The Morgan fingerprint density at radius 3 is 1.57 bits per heavy atom. The minimum absolute atomic E-state index is 0.00468. The smallest absolute Gasteiger partial charge is 0.409 e. The third-order valence-corrected chi connectivity index (χ3v) is 21.3. The number of methoxy groups -OCH3 is 2. The Labute approximate surface area is 358 Å². The number of carbonyl (C=O) groups excluding carboxylic acids is 2. The molecule has 332 valence electrons. The van der Waals surface area contributed by atoms with Crippen LogP contribution in [0.25, 0.3) is 0 Å². The molecule has 2 fully saturated rings. The number of likely N-dealkylation sites (tertiary alicyclic amines) is 2. The number of nitrogens with one attached hydrogen (secondary N) is 1. The molecule has 14 nitrogen and oxygen atoms in total. The number of hydrogen-bond acceptors (Lipinski definition) is 10. The van der Waals surface area contributed by atoms with E-state index in [0.717, 1.165) is 11.1 Å². The SMILES string of the molecule is C=C1C[C@H](CO[Si](C)(C)C(C)(C)C)N(C(=O)c2cc(OC)c(OCCCOc3cc(NC(=O)O)c(C(=O)N4CC(=C)C[C@@H]4CO[Si](C)(C)C(C)(C)C)cc3OC)cc2N)C1. The zero-order valence-corrected chi connectivity index (χ0v) is 39.8. The average molecular weight is 869 g/mol. The second-order valence-corrected chi connectivity index (χ2v) is 28.5. The predicted octanol–water partition coefficient (Wildman–Crippen LogP) is 8.81. The zero-order valence-electron chi connectivity index (χ0n) is 37.8. The summed E-state index contributed by atoms with van der Waals surface area (Å²) in [5.74, 6) is 0.606. The molecular formula is C44H68N4O10Si2.